The molecule has 3 heterocycles. The molecular weight excluding hydrogens is 324 g/mol. The van der Waals surface area contributed by atoms with E-state index in [0.717, 1.165) is 50.4 Å². The number of amides is 1. The van der Waals surface area contributed by atoms with Crippen molar-refractivity contribution in [2.75, 3.05) is 13.6 Å². The quantitative estimate of drug-likeness (QED) is 0.851. The number of hydrogen-bond donors (Lipinski definition) is 0. The summed E-state index contributed by atoms with van der Waals surface area (Å²) >= 11 is 1.67. The Kier molecular flexibility index (Phi) is 4.14. The van der Waals surface area contributed by atoms with Crippen LogP contribution in [-0.4, -0.2) is 45.3 Å². The summed E-state index contributed by atoms with van der Waals surface area (Å²) in [5.41, 5.74) is 2.76. The summed E-state index contributed by atoms with van der Waals surface area (Å²) in [5, 5.41) is 0. The van der Waals surface area contributed by atoms with E-state index in [-0.39, 0.29) is 11.8 Å². The average Bonchev–Trinajstić information content (AvgIpc) is 3.19. The van der Waals surface area contributed by atoms with Gasteiger partial charge in [0.1, 0.15) is 5.76 Å². The zero-order valence-electron chi connectivity index (χ0n) is 14.1. The van der Waals surface area contributed by atoms with Crippen molar-refractivity contribution >= 4 is 17.2 Å². The first-order valence-electron chi connectivity index (χ1n) is 8.45. The second-order valence-corrected chi connectivity index (χ2v) is 7.93. The Bertz CT molecular complexity index is 721. The van der Waals surface area contributed by atoms with E-state index < -0.39 is 0 Å². The second-order valence-electron chi connectivity index (χ2n) is 6.96. The molecule has 0 atom stereocenters. The maximum Gasteiger partial charge on any atom is 0.309 e. The minimum absolute atomic E-state index is 0.0877. The van der Waals surface area contributed by atoms with Gasteiger partial charge in [-0.2, -0.15) is 0 Å². The number of hydrogen-bond acceptors (Lipinski definition) is 6. The maximum absolute atomic E-state index is 12.6. The van der Waals surface area contributed by atoms with Crippen molar-refractivity contribution in [3.63, 3.8) is 0 Å². The molecule has 1 aliphatic heterocycles. The van der Waals surface area contributed by atoms with Crippen LogP contribution in [0.2, 0.25) is 0 Å². The van der Waals surface area contributed by atoms with E-state index >= 15 is 0 Å². The van der Waals surface area contributed by atoms with Gasteiger partial charge in [-0.1, -0.05) is 6.92 Å². The van der Waals surface area contributed by atoms with Gasteiger partial charge < -0.3 is 9.32 Å². The van der Waals surface area contributed by atoms with E-state index in [1.807, 2.05) is 18.8 Å². The predicted molar refractivity (Wildman–Crippen MR) is 90.7 cm³/mol. The summed E-state index contributed by atoms with van der Waals surface area (Å²) in [5.74, 6) is 1.74. The third-order valence-electron chi connectivity index (χ3n) is 5.07. The summed E-state index contributed by atoms with van der Waals surface area (Å²) < 4.78 is 5.78. The van der Waals surface area contributed by atoms with Crippen molar-refractivity contribution in [3.05, 3.63) is 33.9 Å². The van der Waals surface area contributed by atoms with Crippen molar-refractivity contribution in [3.8, 4) is 0 Å². The molecule has 7 heteroatoms. The van der Waals surface area contributed by atoms with Gasteiger partial charge in [-0.3, -0.25) is 14.7 Å². The van der Waals surface area contributed by atoms with E-state index in [0.29, 0.717) is 12.0 Å². The van der Waals surface area contributed by atoms with Crippen molar-refractivity contribution in [2.24, 2.45) is 5.92 Å². The molecule has 0 saturated heterocycles. The Morgan fingerprint density at radius 2 is 2.33 bits per heavy atom. The van der Waals surface area contributed by atoms with E-state index in [1.165, 1.54) is 4.88 Å². The fraction of sp³-hybridized carbons (Fsp3) is 0.588. The molecule has 1 amide bonds. The fourth-order valence-electron chi connectivity index (χ4n) is 3.51. The SMILES string of the molecule is CC1CC(N(C)C(=O)c2nc3c(o2)CCN(Cc2cncs2)C3)C1. The molecule has 4 rings (SSSR count). The van der Waals surface area contributed by atoms with Crippen LogP contribution in [0, 0.1) is 5.92 Å². The maximum atomic E-state index is 12.6. The molecule has 2 aliphatic rings. The number of thiazole rings is 1. The Labute approximate surface area is 145 Å². The van der Waals surface area contributed by atoms with Gasteiger partial charge in [-0.05, 0) is 18.8 Å². The van der Waals surface area contributed by atoms with Gasteiger partial charge in [0.25, 0.3) is 5.89 Å². The first kappa shape index (κ1) is 15.8. The van der Waals surface area contributed by atoms with E-state index in [1.54, 1.807) is 16.2 Å². The lowest BCUT2D eigenvalue weighted by molar-refractivity contribution is 0.0531. The third-order valence-corrected chi connectivity index (χ3v) is 5.83. The number of carbonyl (C=O) groups excluding carboxylic acids is 1. The molecule has 1 saturated carbocycles. The molecule has 6 nitrogen and oxygen atoms in total. The lowest BCUT2D eigenvalue weighted by atomic mass is 9.81. The molecule has 0 aromatic carbocycles. The average molecular weight is 346 g/mol. The van der Waals surface area contributed by atoms with E-state index in [4.69, 9.17) is 4.42 Å². The van der Waals surface area contributed by atoms with Gasteiger partial charge in [0.05, 0.1) is 11.2 Å². The summed E-state index contributed by atoms with van der Waals surface area (Å²) in [4.78, 5) is 26.6. The minimum atomic E-state index is -0.0877. The molecule has 2 aromatic rings. The van der Waals surface area contributed by atoms with Crippen LogP contribution < -0.4 is 0 Å². The van der Waals surface area contributed by atoms with Gasteiger partial charge in [-0.25, -0.2) is 4.98 Å². The standard InChI is InChI=1S/C17H22N4O2S/c1-11-5-12(6-11)20(2)17(22)16-19-14-9-21(4-3-15(14)23-16)8-13-7-18-10-24-13/h7,10-12H,3-6,8-9H2,1-2H3. The molecule has 128 valence electrons. The number of rotatable bonds is 4. The number of aromatic nitrogens is 2. The van der Waals surface area contributed by atoms with Gasteiger partial charge >= 0.3 is 5.91 Å². The zero-order chi connectivity index (χ0) is 16.7. The monoisotopic (exact) mass is 346 g/mol. The van der Waals surface area contributed by atoms with Crippen LogP contribution in [0.1, 0.15) is 46.8 Å². The van der Waals surface area contributed by atoms with Crippen molar-refractivity contribution in [2.45, 2.75) is 45.3 Å². The highest BCUT2D eigenvalue weighted by atomic mass is 32.1. The number of oxazole rings is 1. The summed E-state index contributed by atoms with van der Waals surface area (Å²) in [6.07, 6.45) is 4.86. The molecule has 2 aromatic heterocycles. The highest BCUT2D eigenvalue weighted by Gasteiger charge is 2.34. The molecule has 1 fully saturated rings. The molecular formula is C17H22N4O2S. The minimum Gasteiger partial charge on any atom is -0.437 e. The molecule has 0 bridgehead atoms. The fourth-order valence-corrected chi connectivity index (χ4v) is 4.15. The lowest BCUT2D eigenvalue weighted by Gasteiger charge is -2.38. The summed E-state index contributed by atoms with van der Waals surface area (Å²) in [6, 6.07) is 0.333. The van der Waals surface area contributed by atoms with Gasteiger partial charge in [0.15, 0.2) is 0 Å². The van der Waals surface area contributed by atoms with Crippen LogP contribution in [0.25, 0.3) is 0 Å². The summed E-state index contributed by atoms with van der Waals surface area (Å²) in [6.45, 7) is 4.74. The molecule has 0 spiro atoms. The Morgan fingerprint density at radius 3 is 3.04 bits per heavy atom. The largest absolute Gasteiger partial charge is 0.437 e. The van der Waals surface area contributed by atoms with Gasteiger partial charge in [0.2, 0.25) is 0 Å². The van der Waals surface area contributed by atoms with E-state index in [9.17, 15) is 4.79 Å². The number of fused-ring (bicyclic) bond motifs is 1. The Morgan fingerprint density at radius 1 is 1.50 bits per heavy atom. The lowest BCUT2D eigenvalue weighted by Crippen LogP contribution is -2.44. The van der Waals surface area contributed by atoms with Gasteiger partial charge in [-0.15, -0.1) is 11.3 Å². The van der Waals surface area contributed by atoms with Crippen LogP contribution in [0.5, 0.6) is 0 Å². The van der Waals surface area contributed by atoms with Crippen LogP contribution in [0.15, 0.2) is 16.1 Å². The molecule has 24 heavy (non-hydrogen) atoms. The normalized spacial score (nSPS) is 23.6. The predicted octanol–water partition coefficient (Wildman–Crippen LogP) is 2.56. The molecule has 0 radical (unpaired) electrons. The summed E-state index contributed by atoms with van der Waals surface area (Å²) in [7, 11) is 1.86. The highest BCUT2D eigenvalue weighted by Crippen LogP contribution is 2.31. The first-order chi connectivity index (χ1) is 11.6. The van der Waals surface area contributed by atoms with Crippen LogP contribution in [0.3, 0.4) is 0 Å². The number of carbonyl (C=O) groups is 1. The first-order valence-corrected chi connectivity index (χ1v) is 9.33. The van der Waals surface area contributed by atoms with Crippen LogP contribution >= 0.6 is 11.3 Å². The van der Waals surface area contributed by atoms with Crippen LogP contribution in [0.4, 0.5) is 0 Å². The topological polar surface area (TPSA) is 62.5 Å². The van der Waals surface area contributed by atoms with Gasteiger partial charge in [0, 0.05) is 50.2 Å². The highest BCUT2D eigenvalue weighted by molar-refractivity contribution is 7.09. The van der Waals surface area contributed by atoms with E-state index in [2.05, 4.69) is 21.8 Å². The zero-order valence-corrected chi connectivity index (χ0v) is 14.9. The molecule has 1 aliphatic carbocycles. The van der Waals surface area contributed by atoms with Crippen LogP contribution in [-0.2, 0) is 19.5 Å². The van der Waals surface area contributed by atoms with Crippen molar-refractivity contribution < 1.29 is 9.21 Å². The third kappa shape index (κ3) is 2.98. The van der Waals surface area contributed by atoms with Crippen molar-refractivity contribution in [1.29, 1.82) is 0 Å². The number of nitrogens with zero attached hydrogens (tertiary/aromatic N) is 4. The van der Waals surface area contributed by atoms with Crippen molar-refractivity contribution in [1.82, 2.24) is 19.8 Å². The Balaban J connectivity index is 1.43. The Hall–Kier alpha value is -1.73. The smallest absolute Gasteiger partial charge is 0.309 e. The second kappa shape index (κ2) is 6.29. The molecule has 0 N–H and O–H groups in total. The molecule has 0 unspecified atom stereocenters.